The summed E-state index contributed by atoms with van der Waals surface area (Å²) in [6, 6.07) is 0. The van der Waals surface area contributed by atoms with Gasteiger partial charge in [0.1, 0.15) is 0 Å². The Bertz CT molecular complexity index is 220. The molecule has 2 aliphatic carbocycles. The minimum absolute atomic E-state index is 0.185. The molecule has 1 fully saturated rings. The maximum Gasteiger partial charge on any atom is 0.310 e. The van der Waals surface area contributed by atoms with Gasteiger partial charge in [0.15, 0.2) is 0 Å². The van der Waals surface area contributed by atoms with Crippen LogP contribution in [-0.4, -0.2) is 11.1 Å². The van der Waals surface area contributed by atoms with Crippen LogP contribution in [0.15, 0.2) is 12.2 Å². The lowest BCUT2D eigenvalue weighted by molar-refractivity contribution is -0.142. The molecule has 0 bridgehead atoms. The zero-order chi connectivity index (χ0) is 8.55. The number of hydrogen-bond donors (Lipinski definition) is 1. The third-order valence-corrected chi connectivity index (χ3v) is 3.19. The minimum Gasteiger partial charge on any atom is -0.481 e. The molecule has 0 spiro atoms. The molecule has 2 heteroatoms. The maximum atomic E-state index is 10.8. The van der Waals surface area contributed by atoms with Crippen molar-refractivity contribution in [3.8, 4) is 0 Å². The van der Waals surface area contributed by atoms with E-state index in [9.17, 15) is 4.79 Å². The fraction of sp³-hybridized carbons (Fsp3) is 0.700. The highest BCUT2D eigenvalue weighted by Crippen LogP contribution is 2.41. The van der Waals surface area contributed by atoms with Crippen LogP contribution < -0.4 is 0 Å². The van der Waals surface area contributed by atoms with Crippen molar-refractivity contribution in [2.75, 3.05) is 0 Å². The summed E-state index contributed by atoms with van der Waals surface area (Å²) in [5.41, 5.74) is 0. The first-order valence-electron chi connectivity index (χ1n) is 4.70. The maximum absolute atomic E-state index is 10.8. The van der Waals surface area contributed by atoms with Crippen LogP contribution in [0.25, 0.3) is 0 Å². The quantitative estimate of drug-likeness (QED) is 0.605. The van der Waals surface area contributed by atoms with Gasteiger partial charge in [-0.15, -0.1) is 0 Å². The Kier molecular flexibility index (Phi) is 1.91. The predicted molar refractivity (Wildman–Crippen MR) is 45.7 cm³/mol. The van der Waals surface area contributed by atoms with E-state index in [1.54, 1.807) is 0 Å². The average molecular weight is 166 g/mol. The monoisotopic (exact) mass is 166 g/mol. The normalized spacial score (nSPS) is 39.5. The van der Waals surface area contributed by atoms with Crippen molar-refractivity contribution in [3.63, 3.8) is 0 Å². The molecule has 3 unspecified atom stereocenters. The lowest BCUT2D eigenvalue weighted by Crippen LogP contribution is -2.25. The molecule has 12 heavy (non-hydrogen) atoms. The van der Waals surface area contributed by atoms with Gasteiger partial charge in [-0.05, 0) is 24.7 Å². The number of carboxylic acids is 1. The fourth-order valence-corrected chi connectivity index (χ4v) is 2.54. The van der Waals surface area contributed by atoms with Crippen LogP contribution in [0.4, 0.5) is 0 Å². The van der Waals surface area contributed by atoms with Gasteiger partial charge in [0, 0.05) is 0 Å². The minimum atomic E-state index is -0.638. The summed E-state index contributed by atoms with van der Waals surface area (Å²) in [6.07, 6.45) is 8.80. The summed E-state index contributed by atoms with van der Waals surface area (Å²) >= 11 is 0. The van der Waals surface area contributed by atoms with Crippen LogP contribution in [0.2, 0.25) is 0 Å². The number of fused-ring (bicyclic) bond motifs is 1. The van der Waals surface area contributed by atoms with E-state index in [1.165, 1.54) is 19.3 Å². The van der Waals surface area contributed by atoms with Gasteiger partial charge >= 0.3 is 5.97 Å². The Morgan fingerprint density at radius 1 is 1.25 bits per heavy atom. The lowest BCUT2D eigenvalue weighted by Gasteiger charge is -2.27. The lowest BCUT2D eigenvalue weighted by atomic mass is 9.77. The second-order valence-electron chi connectivity index (χ2n) is 3.86. The molecule has 0 radical (unpaired) electrons. The first-order chi connectivity index (χ1) is 5.79. The first kappa shape index (κ1) is 7.84. The van der Waals surface area contributed by atoms with Crippen LogP contribution >= 0.6 is 0 Å². The molecule has 3 atom stereocenters. The summed E-state index contributed by atoms with van der Waals surface area (Å²) in [4.78, 5) is 10.8. The third-order valence-electron chi connectivity index (χ3n) is 3.19. The summed E-state index contributed by atoms with van der Waals surface area (Å²) in [6.45, 7) is 0. The van der Waals surface area contributed by atoms with Gasteiger partial charge in [-0.25, -0.2) is 0 Å². The van der Waals surface area contributed by atoms with E-state index in [1.807, 2.05) is 6.08 Å². The molecule has 66 valence electrons. The van der Waals surface area contributed by atoms with Crippen LogP contribution in [0, 0.1) is 17.8 Å². The van der Waals surface area contributed by atoms with E-state index in [0.717, 1.165) is 6.42 Å². The van der Waals surface area contributed by atoms with Crippen molar-refractivity contribution >= 4 is 5.97 Å². The molecule has 0 aromatic heterocycles. The van der Waals surface area contributed by atoms with Gasteiger partial charge < -0.3 is 5.11 Å². The number of allylic oxidation sites excluding steroid dienone is 1. The molecule has 2 rings (SSSR count). The number of hydrogen-bond acceptors (Lipinski definition) is 1. The van der Waals surface area contributed by atoms with Gasteiger partial charge in [-0.1, -0.05) is 25.0 Å². The first-order valence-corrected chi connectivity index (χ1v) is 4.70. The summed E-state index contributed by atoms with van der Waals surface area (Å²) in [5, 5.41) is 8.90. The van der Waals surface area contributed by atoms with Crippen molar-refractivity contribution in [2.45, 2.75) is 25.7 Å². The van der Waals surface area contributed by atoms with Crippen molar-refractivity contribution in [2.24, 2.45) is 17.8 Å². The summed E-state index contributed by atoms with van der Waals surface area (Å²) in [5.74, 6) is 0.159. The van der Waals surface area contributed by atoms with E-state index >= 15 is 0 Å². The summed E-state index contributed by atoms with van der Waals surface area (Å²) in [7, 11) is 0. The van der Waals surface area contributed by atoms with E-state index in [2.05, 4.69) is 6.08 Å². The number of carboxylic acid groups (broad SMARTS) is 1. The van der Waals surface area contributed by atoms with Crippen molar-refractivity contribution in [3.05, 3.63) is 12.2 Å². The van der Waals surface area contributed by atoms with Gasteiger partial charge in [0.25, 0.3) is 0 Å². The van der Waals surface area contributed by atoms with E-state index < -0.39 is 5.97 Å². The molecule has 0 aromatic rings. The number of carbonyl (C=O) groups is 1. The molecular formula is C10H14O2. The molecule has 1 saturated carbocycles. The van der Waals surface area contributed by atoms with Crippen LogP contribution in [0.3, 0.4) is 0 Å². The third kappa shape index (κ3) is 1.15. The van der Waals surface area contributed by atoms with Gasteiger partial charge in [-0.2, -0.15) is 0 Å². The van der Waals surface area contributed by atoms with Gasteiger partial charge in [0.05, 0.1) is 5.92 Å². The standard InChI is InChI=1S/C10H14O2/c11-10(12)9-6-5-7-3-1-2-4-8(7)9/h5-9H,1-4H2,(H,11,12). The number of rotatable bonds is 1. The largest absolute Gasteiger partial charge is 0.481 e. The molecule has 0 amide bonds. The molecule has 1 N–H and O–H groups in total. The SMILES string of the molecule is O=C(O)C1C=CC2CCCCC21. The van der Waals surface area contributed by atoms with Crippen molar-refractivity contribution in [1.82, 2.24) is 0 Å². The van der Waals surface area contributed by atoms with Crippen LogP contribution in [0.1, 0.15) is 25.7 Å². The molecule has 0 heterocycles. The highest BCUT2D eigenvalue weighted by atomic mass is 16.4. The fourth-order valence-electron chi connectivity index (χ4n) is 2.54. The average Bonchev–Trinajstić information content (AvgIpc) is 2.47. The highest BCUT2D eigenvalue weighted by molar-refractivity contribution is 5.73. The Balaban J connectivity index is 2.10. The van der Waals surface area contributed by atoms with Crippen molar-refractivity contribution < 1.29 is 9.90 Å². The molecule has 2 aliphatic rings. The smallest absolute Gasteiger partial charge is 0.310 e. The summed E-state index contributed by atoms with van der Waals surface area (Å²) < 4.78 is 0. The van der Waals surface area contributed by atoms with Gasteiger partial charge in [0.2, 0.25) is 0 Å². The Morgan fingerprint density at radius 2 is 2.00 bits per heavy atom. The number of aliphatic carboxylic acids is 1. The zero-order valence-electron chi connectivity index (χ0n) is 7.07. The van der Waals surface area contributed by atoms with E-state index in [4.69, 9.17) is 5.11 Å². The van der Waals surface area contributed by atoms with E-state index in [-0.39, 0.29) is 5.92 Å². The molecule has 0 aliphatic heterocycles. The highest BCUT2D eigenvalue weighted by Gasteiger charge is 2.36. The topological polar surface area (TPSA) is 37.3 Å². The molecule has 2 nitrogen and oxygen atoms in total. The zero-order valence-corrected chi connectivity index (χ0v) is 7.07. The molecule has 0 saturated heterocycles. The van der Waals surface area contributed by atoms with Crippen LogP contribution in [-0.2, 0) is 4.79 Å². The predicted octanol–water partition coefficient (Wildman–Crippen LogP) is 2.06. The molecule has 0 aromatic carbocycles. The Morgan fingerprint density at radius 3 is 2.75 bits per heavy atom. The van der Waals surface area contributed by atoms with Gasteiger partial charge in [-0.3, -0.25) is 4.79 Å². The Hall–Kier alpha value is -0.790. The molecular weight excluding hydrogens is 152 g/mol. The Labute approximate surface area is 72.3 Å². The van der Waals surface area contributed by atoms with E-state index in [0.29, 0.717) is 11.8 Å². The van der Waals surface area contributed by atoms with Crippen LogP contribution in [0.5, 0.6) is 0 Å². The van der Waals surface area contributed by atoms with Crippen molar-refractivity contribution in [1.29, 1.82) is 0 Å². The second-order valence-corrected chi connectivity index (χ2v) is 3.86. The second kappa shape index (κ2) is 2.92.